The lowest BCUT2D eigenvalue weighted by atomic mass is 9.97. The Kier molecular flexibility index (Phi) is 9.89. The van der Waals surface area contributed by atoms with Crippen molar-refractivity contribution in [1.82, 2.24) is 0 Å². The molecule has 0 radical (unpaired) electrons. The lowest BCUT2D eigenvalue weighted by molar-refractivity contribution is -0.139. The van der Waals surface area contributed by atoms with E-state index in [1.807, 2.05) is 0 Å². The molecule has 0 aliphatic heterocycles. The Bertz CT molecular complexity index is 221. The molecule has 0 aliphatic rings. The fourth-order valence-electron chi connectivity index (χ4n) is 1.67. The highest BCUT2D eigenvalue weighted by molar-refractivity contribution is 5.88. The maximum Gasteiger partial charge on any atom is 0.333 e. The Morgan fingerprint density at radius 1 is 1.12 bits per heavy atom. The van der Waals surface area contributed by atoms with Gasteiger partial charge in [0.25, 0.3) is 0 Å². The normalized spacial score (nSPS) is 12.2. The number of esters is 1. The Hall–Kier alpha value is -0.790. The summed E-state index contributed by atoms with van der Waals surface area (Å²) in [5.41, 5.74) is 0.633. The molecule has 0 aromatic heterocycles. The summed E-state index contributed by atoms with van der Waals surface area (Å²) in [4.78, 5) is 11.7. The van der Waals surface area contributed by atoms with Gasteiger partial charge in [-0.3, -0.25) is 0 Å². The van der Waals surface area contributed by atoms with Gasteiger partial charge in [-0.1, -0.05) is 59.5 Å². The first-order valence-electron chi connectivity index (χ1n) is 6.99. The molecule has 1 atom stereocenters. The van der Waals surface area contributed by atoms with Gasteiger partial charge in [0, 0.05) is 5.57 Å². The molecule has 0 saturated heterocycles. The van der Waals surface area contributed by atoms with E-state index in [1.165, 1.54) is 12.8 Å². The van der Waals surface area contributed by atoms with Gasteiger partial charge < -0.3 is 4.74 Å². The number of ether oxygens (including phenoxy) is 1. The Balaban J connectivity index is 3.70. The molecule has 0 amide bonds. The van der Waals surface area contributed by atoms with E-state index in [4.69, 9.17) is 4.74 Å². The average Bonchev–Trinajstić information content (AvgIpc) is 2.34. The van der Waals surface area contributed by atoms with Gasteiger partial charge >= 0.3 is 5.97 Å². The monoisotopic (exact) mass is 240 g/mol. The molecule has 0 spiro atoms. The number of rotatable bonds is 10. The Morgan fingerprint density at radius 2 is 1.76 bits per heavy atom. The molecule has 1 unspecified atom stereocenters. The van der Waals surface area contributed by atoms with Gasteiger partial charge in [0.15, 0.2) is 0 Å². The van der Waals surface area contributed by atoms with Gasteiger partial charge in [-0.25, -0.2) is 4.79 Å². The van der Waals surface area contributed by atoms with Crippen LogP contribution in [0.15, 0.2) is 12.2 Å². The van der Waals surface area contributed by atoms with E-state index in [-0.39, 0.29) is 11.9 Å². The van der Waals surface area contributed by atoms with E-state index in [0.717, 1.165) is 32.1 Å². The van der Waals surface area contributed by atoms with Crippen LogP contribution in [0.1, 0.15) is 65.7 Å². The van der Waals surface area contributed by atoms with Crippen molar-refractivity contribution in [3.05, 3.63) is 12.2 Å². The second-order valence-corrected chi connectivity index (χ2v) is 4.77. The topological polar surface area (TPSA) is 26.3 Å². The van der Waals surface area contributed by atoms with Crippen molar-refractivity contribution in [2.75, 3.05) is 6.61 Å². The van der Waals surface area contributed by atoms with E-state index >= 15 is 0 Å². The van der Waals surface area contributed by atoms with Gasteiger partial charge in [0.2, 0.25) is 0 Å². The van der Waals surface area contributed by atoms with E-state index in [1.54, 1.807) is 0 Å². The van der Waals surface area contributed by atoms with Crippen molar-refractivity contribution < 1.29 is 9.53 Å². The second kappa shape index (κ2) is 10.4. The SMILES string of the molecule is C=C(C(=O)OCCCCCC)C(C)CCCC. The molecule has 0 bridgehead atoms. The fraction of sp³-hybridized carbons (Fsp3) is 0.800. The van der Waals surface area contributed by atoms with Crippen LogP contribution in [0.4, 0.5) is 0 Å². The summed E-state index contributed by atoms with van der Waals surface area (Å²) in [6, 6.07) is 0. The molecule has 0 rings (SSSR count). The summed E-state index contributed by atoms with van der Waals surface area (Å²) in [7, 11) is 0. The number of hydrogen-bond acceptors (Lipinski definition) is 2. The van der Waals surface area contributed by atoms with E-state index in [2.05, 4.69) is 27.4 Å². The molecule has 0 heterocycles. The van der Waals surface area contributed by atoms with Crippen molar-refractivity contribution in [3.8, 4) is 0 Å². The highest BCUT2D eigenvalue weighted by Crippen LogP contribution is 2.17. The Labute approximate surface area is 106 Å². The first-order valence-corrected chi connectivity index (χ1v) is 6.99. The summed E-state index contributed by atoms with van der Waals surface area (Å²) in [5.74, 6) is 0.0446. The molecule has 2 heteroatoms. The van der Waals surface area contributed by atoms with E-state index in [9.17, 15) is 4.79 Å². The van der Waals surface area contributed by atoms with Crippen LogP contribution in [-0.4, -0.2) is 12.6 Å². The number of hydrogen-bond donors (Lipinski definition) is 0. The van der Waals surface area contributed by atoms with Crippen LogP contribution in [0.5, 0.6) is 0 Å². The molecule has 0 N–H and O–H groups in total. The van der Waals surface area contributed by atoms with Crippen LogP contribution < -0.4 is 0 Å². The highest BCUT2D eigenvalue weighted by atomic mass is 16.5. The number of unbranched alkanes of at least 4 members (excludes halogenated alkanes) is 4. The van der Waals surface area contributed by atoms with Crippen LogP contribution in [0.25, 0.3) is 0 Å². The standard InChI is InChI=1S/C15H28O2/c1-5-7-9-10-12-17-15(16)14(4)13(3)11-8-6-2/h13H,4-12H2,1-3H3. The van der Waals surface area contributed by atoms with Gasteiger partial charge in [-0.15, -0.1) is 0 Å². The third-order valence-corrected chi connectivity index (χ3v) is 3.08. The molecule has 100 valence electrons. The summed E-state index contributed by atoms with van der Waals surface area (Å²) in [5, 5.41) is 0. The lowest BCUT2D eigenvalue weighted by Crippen LogP contribution is -2.14. The van der Waals surface area contributed by atoms with Crippen LogP contribution in [0.2, 0.25) is 0 Å². The first-order chi connectivity index (χ1) is 8.13. The van der Waals surface area contributed by atoms with Crippen molar-refractivity contribution in [1.29, 1.82) is 0 Å². The third-order valence-electron chi connectivity index (χ3n) is 3.08. The molecule has 0 aliphatic carbocycles. The minimum absolute atomic E-state index is 0.204. The summed E-state index contributed by atoms with van der Waals surface area (Å²) in [6.07, 6.45) is 7.85. The smallest absolute Gasteiger partial charge is 0.333 e. The molecule has 2 nitrogen and oxygen atoms in total. The zero-order valence-corrected chi connectivity index (χ0v) is 11.8. The maximum absolute atomic E-state index is 11.7. The minimum Gasteiger partial charge on any atom is -0.462 e. The van der Waals surface area contributed by atoms with E-state index in [0.29, 0.717) is 12.2 Å². The summed E-state index contributed by atoms with van der Waals surface area (Å²) < 4.78 is 5.21. The maximum atomic E-state index is 11.7. The van der Waals surface area contributed by atoms with Gasteiger partial charge in [-0.05, 0) is 18.8 Å². The predicted molar refractivity (Wildman–Crippen MR) is 72.9 cm³/mol. The van der Waals surface area contributed by atoms with E-state index < -0.39 is 0 Å². The fourth-order valence-corrected chi connectivity index (χ4v) is 1.67. The molecule has 0 aromatic rings. The number of carbonyl (C=O) groups excluding carboxylic acids is 1. The van der Waals surface area contributed by atoms with Crippen LogP contribution in [-0.2, 0) is 9.53 Å². The van der Waals surface area contributed by atoms with Crippen LogP contribution >= 0.6 is 0 Å². The van der Waals surface area contributed by atoms with Crippen molar-refractivity contribution >= 4 is 5.97 Å². The lowest BCUT2D eigenvalue weighted by Gasteiger charge is -2.13. The molecule has 17 heavy (non-hydrogen) atoms. The van der Waals surface area contributed by atoms with Gasteiger partial charge in [0.1, 0.15) is 0 Å². The molecular weight excluding hydrogens is 212 g/mol. The van der Waals surface area contributed by atoms with Crippen LogP contribution in [0, 0.1) is 5.92 Å². The van der Waals surface area contributed by atoms with Crippen molar-refractivity contribution in [3.63, 3.8) is 0 Å². The predicted octanol–water partition coefficient (Wildman–Crippen LogP) is 4.49. The summed E-state index contributed by atoms with van der Waals surface area (Å²) in [6.45, 7) is 10.8. The molecule has 0 saturated carbocycles. The molecular formula is C15H28O2. The molecule has 0 fully saturated rings. The van der Waals surface area contributed by atoms with Gasteiger partial charge in [0.05, 0.1) is 6.61 Å². The quantitative estimate of drug-likeness (QED) is 0.319. The summed E-state index contributed by atoms with van der Waals surface area (Å²) >= 11 is 0. The zero-order chi connectivity index (χ0) is 13.1. The van der Waals surface area contributed by atoms with Crippen molar-refractivity contribution in [2.24, 2.45) is 5.92 Å². The van der Waals surface area contributed by atoms with Crippen molar-refractivity contribution in [2.45, 2.75) is 65.7 Å². The third kappa shape index (κ3) is 8.00. The first kappa shape index (κ1) is 16.2. The second-order valence-electron chi connectivity index (χ2n) is 4.77. The molecule has 0 aromatic carbocycles. The number of carbonyl (C=O) groups is 1. The van der Waals surface area contributed by atoms with Gasteiger partial charge in [-0.2, -0.15) is 0 Å². The zero-order valence-electron chi connectivity index (χ0n) is 11.8. The minimum atomic E-state index is -0.204. The highest BCUT2D eigenvalue weighted by Gasteiger charge is 2.15. The largest absolute Gasteiger partial charge is 0.462 e. The average molecular weight is 240 g/mol. The Morgan fingerprint density at radius 3 is 2.35 bits per heavy atom. The van der Waals surface area contributed by atoms with Crippen LogP contribution in [0.3, 0.4) is 0 Å².